The van der Waals surface area contributed by atoms with Crippen molar-refractivity contribution in [3.63, 3.8) is 0 Å². The lowest BCUT2D eigenvalue weighted by atomic mass is 9.78. The van der Waals surface area contributed by atoms with E-state index in [1.165, 1.54) is 17.2 Å². The summed E-state index contributed by atoms with van der Waals surface area (Å²) in [6.07, 6.45) is -7.49. The van der Waals surface area contributed by atoms with Crippen LogP contribution in [0.3, 0.4) is 0 Å². The summed E-state index contributed by atoms with van der Waals surface area (Å²) < 4.78 is 14.1. The topological polar surface area (TPSA) is 189 Å². The van der Waals surface area contributed by atoms with Crippen molar-refractivity contribution in [2.75, 3.05) is 12.3 Å². The number of aliphatic hydroxyl groups is 5. The number of nitrogens with two attached hydrogens (primary N) is 1. The molecule has 12 heteroatoms. The zero-order valence-corrected chi connectivity index (χ0v) is 22.0. The van der Waals surface area contributed by atoms with E-state index in [9.17, 15) is 25.5 Å². The van der Waals surface area contributed by atoms with Crippen LogP contribution < -0.4 is 5.73 Å². The summed E-state index contributed by atoms with van der Waals surface area (Å²) in [5.74, 6) is 0.159. The third-order valence-electron chi connectivity index (χ3n) is 8.77. The van der Waals surface area contributed by atoms with Gasteiger partial charge in [0, 0.05) is 0 Å². The van der Waals surface area contributed by atoms with E-state index in [1.807, 2.05) is 48.5 Å². The maximum absolute atomic E-state index is 11.4. The highest BCUT2D eigenvalue weighted by Gasteiger charge is 2.50. The summed E-state index contributed by atoms with van der Waals surface area (Å²) in [6, 6.07) is 15.8. The maximum Gasteiger partial charge on any atom is 0.167 e. The number of aliphatic hydroxyl groups excluding tert-OH is 5. The number of nitrogen functional groups attached to an aromatic ring is 1. The standard InChI is InChI=1S/C30H27N5O7/c31-28-21-29(33-10-32-28)35(11-34-21)30-27(23(38)17(9-36)41-30)42-26-20-15-7-6-13-3-1-2-12-4-5-14(19(15)18(12)13)8-16(20)22(37)24(39)25(26)40/h1-8,10-11,17,22-27,30,36-40H,9H2,(H2,31,32,33)/t17-,22-,23-,24+,25-,26+,27-,30-/m1/s1. The van der Waals surface area contributed by atoms with Gasteiger partial charge in [-0.2, -0.15) is 0 Å². The minimum Gasteiger partial charge on any atom is -0.394 e. The monoisotopic (exact) mass is 569 g/mol. The fourth-order valence-electron chi connectivity index (χ4n) is 6.75. The van der Waals surface area contributed by atoms with Gasteiger partial charge in [0.1, 0.15) is 54.6 Å². The van der Waals surface area contributed by atoms with E-state index in [4.69, 9.17) is 15.2 Å². The number of imidazole rings is 1. The van der Waals surface area contributed by atoms with Crippen LogP contribution in [0.4, 0.5) is 5.82 Å². The molecule has 1 aliphatic heterocycles. The van der Waals surface area contributed by atoms with Crippen molar-refractivity contribution < 1.29 is 35.0 Å². The molecule has 0 amide bonds. The van der Waals surface area contributed by atoms with Crippen LogP contribution in [-0.4, -0.2) is 82.2 Å². The average Bonchev–Trinajstić information content (AvgIpc) is 3.57. The zero-order valence-electron chi connectivity index (χ0n) is 22.0. The van der Waals surface area contributed by atoms with E-state index in [2.05, 4.69) is 15.0 Å². The molecule has 0 spiro atoms. The maximum atomic E-state index is 11.4. The Kier molecular flexibility index (Phi) is 5.65. The van der Waals surface area contributed by atoms with Crippen LogP contribution in [0.25, 0.3) is 43.5 Å². The first-order valence-corrected chi connectivity index (χ1v) is 13.6. The minimum absolute atomic E-state index is 0.159. The van der Waals surface area contributed by atoms with Gasteiger partial charge >= 0.3 is 0 Å². The van der Waals surface area contributed by atoms with E-state index in [1.54, 1.807) is 0 Å². The lowest BCUT2D eigenvalue weighted by Gasteiger charge is -2.40. The number of hydrogen-bond donors (Lipinski definition) is 6. The normalized spacial score (nSPS) is 29.7. The van der Waals surface area contributed by atoms with Crippen LogP contribution in [0, 0.1) is 0 Å². The lowest BCUT2D eigenvalue weighted by molar-refractivity contribution is -0.178. The van der Waals surface area contributed by atoms with Crippen LogP contribution in [-0.2, 0) is 9.47 Å². The number of ether oxygens (including phenoxy) is 2. The van der Waals surface area contributed by atoms with Crippen molar-refractivity contribution in [1.29, 1.82) is 0 Å². The summed E-state index contributed by atoms with van der Waals surface area (Å²) >= 11 is 0. The Hall–Kier alpha value is -4.01. The van der Waals surface area contributed by atoms with E-state index in [-0.39, 0.29) is 5.82 Å². The molecule has 3 heterocycles. The molecule has 2 aromatic heterocycles. The molecule has 1 saturated heterocycles. The second kappa shape index (κ2) is 9.24. The highest BCUT2D eigenvalue weighted by molar-refractivity contribution is 6.23. The van der Waals surface area contributed by atoms with Crippen molar-refractivity contribution >= 4 is 49.3 Å². The van der Waals surface area contributed by atoms with Gasteiger partial charge in [0.15, 0.2) is 17.7 Å². The predicted molar refractivity (Wildman–Crippen MR) is 151 cm³/mol. The predicted octanol–water partition coefficient (Wildman–Crippen LogP) is 1.45. The molecule has 4 aromatic carbocycles. The summed E-state index contributed by atoms with van der Waals surface area (Å²) in [6.45, 7) is -0.500. The molecule has 0 bridgehead atoms. The second-order valence-electron chi connectivity index (χ2n) is 11.0. The molecule has 8 atom stereocenters. The van der Waals surface area contributed by atoms with Crippen molar-refractivity contribution in [1.82, 2.24) is 19.5 Å². The number of anilines is 1. The zero-order chi connectivity index (χ0) is 28.9. The van der Waals surface area contributed by atoms with E-state index < -0.39 is 55.6 Å². The lowest BCUT2D eigenvalue weighted by Crippen LogP contribution is -2.46. The molecule has 6 aromatic rings. The van der Waals surface area contributed by atoms with Gasteiger partial charge in [-0.15, -0.1) is 0 Å². The van der Waals surface area contributed by atoms with Crippen molar-refractivity contribution in [3.8, 4) is 0 Å². The molecule has 214 valence electrons. The molecular formula is C30H27N5O7. The fraction of sp³-hybridized carbons (Fsp3) is 0.300. The largest absolute Gasteiger partial charge is 0.394 e. The van der Waals surface area contributed by atoms with Crippen molar-refractivity contribution in [2.45, 2.75) is 49.0 Å². The van der Waals surface area contributed by atoms with Crippen LogP contribution in [0.1, 0.15) is 29.6 Å². The molecular weight excluding hydrogens is 542 g/mol. The first-order chi connectivity index (χ1) is 20.4. The first-order valence-electron chi connectivity index (χ1n) is 13.6. The second-order valence-corrected chi connectivity index (χ2v) is 11.0. The first kappa shape index (κ1) is 25.7. The number of hydrogen-bond acceptors (Lipinski definition) is 11. The summed E-state index contributed by atoms with van der Waals surface area (Å²) in [5, 5.41) is 60.4. The van der Waals surface area contributed by atoms with Gasteiger partial charge < -0.3 is 40.7 Å². The third-order valence-corrected chi connectivity index (χ3v) is 8.77. The molecule has 1 aliphatic carbocycles. The van der Waals surface area contributed by atoms with Crippen LogP contribution in [0.5, 0.6) is 0 Å². The quantitative estimate of drug-likeness (QED) is 0.169. The minimum atomic E-state index is -1.57. The summed E-state index contributed by atoms with van der Waals surface area (Å²) in [5.41, 5.74) is 7.55. The molecule has 8 rings (SSSR count). The Morgan fingerprint density at radius 3 is 2.43 bits per heavy atom. The molecule has 12 nitrogen and oxygen atoms in total. The van der Waals surface area contributed by atoms with Crippen molar-refractivity contribution in [2.24, 2.45) is 0 Å². The fourth-order valence-corrected chi connectivity index (χ4v) is 6.75. The van der Waals surface area contributed by atoms with Crippen LogP contribution >= 0.6 is 0 Å². The molecule has 7 N–H and O–H groups in total. The van der Waals surface area contributed by atoms with Gasteiger partial charge in [0.2, 0.25) is 0 Å². The molecule has 0 saturated carbocycles. The number of fused-ring (bicyclic) bond motifs is 3. The molecule has 0 radical (unpaired) electrons. The summed E-state index contributed by atoms with van der Waals surface area (Å²) in [4.78, 5) is 12.5. The number of aromatic nitrogens is 4. The Morgan fingerprint density at radius 2 is 1.64 bits per heavy atom. The van der Waals surface area contributed by atoms with E-state index in [0.717, 1.165) is 32.3 Å². The van der Waals surface area contributed by atoms with Gasteiger partial charge in [-0.25, -0.2) is 15.0 Å². The number of rotatable bonds is 4. The summed E-state index contributed by atoms with van der Waals surface area (Å²) in [7, 11) is 0. The molecule has 0 unspecified atom stereocenters. The number of benzene rings is 4. The molecule has 1 fully saturated rings. The van der Waals surface area contributed by atoms with Gasteiger partial charge in [0.25, 0.3) is 0 Å². The van der Waals surface area contributed by atoms with Gasteiger partial charge in [-0.1, -0.05) is 42.5 Å². The molecule has 2 aliphatic rings. The Balaban J connectivity index is 1.31. The van der Waals surface area contributed by atoms with Crippen molar-refractivity contribution in [3.05, 3.63) is 72.3 Å². The Labute approximate surface area is 237 Å². The highest BCUT2D eigenvalue weighted by Crippen LogP contribution is 2.48. The van der Waals surface area contributed by atoms with Gasteiger partial charge in [-0.3, -0.25) is 4.57 Å². The smallest absolute Gasteiger partial charge is 0.167 e. The average molecular weight is 570 g/mol. The van der Waals surface area contributed by atoms with E-state index in [0.29, 0.717) is 22.3 Å². The Bertz CT molecular complexity index is 1970. The van der Waals surface area contributed by atoms with Crippen LogP contribution in [0.15, 0.2) is 61.2 Å². The SMILES string of the molecule is Nc1ncnc2c1ncn2[C@@H]1O[C@H](CO)[C@@H](O)[C@H]1O[C@H]1c2c(cc3ccc4cccc5ccc2c3c45)[C@@H](O)[C@H](O)[C@H]1O. The van der Waals surface area contributed by atoms with E-state index >= 15 is 0 Å². The van der Waals surface area contributed by atoms with Crippen LogP contribution in [0.2, 0.25) is 0 Å². The molecule has 42 heavy (non-hydrogen) atoms. The Morgan fingerprint density at radius 1 is 0.881 bits per heavy atom. The third kappa shape index (κ3) is 3.45. The van der Waals surface area contributed by atoms with Gasteiger partial charge in [-0.05, 0) is 49.5 Å². The highest BCUT2D eigenvalue weighted by atomic mass is 16.6. The van der Waals surface area contributed by atoms with Gasteiger partial charge in [0.05, 0.1) is 12.9 Å². The number of nitrogens with zero attached hydrogens (tertiary/aromatic N) is 4.